The lowest BCUT2D eigenvalue weighted by Crippen LogP contribution is -2.34. The molecule has 0 radical (unpaired) electrons. The third kappa shape index (κ3) is 7.23. The normalized spacial score (nSPS) is 13.4. The van der Waals surface area contributed by atoms with Crippen LogP contribution in [0.2, 0.25) is 0 Å². The molecule has 3 aromatic rings. The lowest BCUT2D eigenvalue weighted by molar-refractivity contribution is -0.156. The molecule has 0 atom stereocenters. The Morgan fingerprint density at radius 1 is 1.05 bits per heavy atom. The maximum atomic E-state index is 12.8. The standard InChI is InChI=1S/C30H34N4O5/c1-19(2)37-25-9-8-23(17-24(25)18-31)29-32-28(33-39-29)22-7-6-20-12-14-34(15-13-21(20)16-22)26(35)10-11-27(36)38-30(3,4)5/h6-9,16-17,19H,10-15H2,1-5H3. The second-order valence-corrected chi connectivity index (χ2v) is 10.9. The summed E-state index contributed by atoms with van der Waals surface area (Å²) < 4.78 is 16.5. The zero-order valence-electron chi connectivity index (χ0n) is 23.1. The molecule has 0 bridgehead atoms. The van der Waals surface area contributed by atoms with Crippen molar-refractivity contribution in [2.45, 2.75) is 72.0 Å². The molecule has 1 aliphatic heterocycles. The van der Waals surface area contributed by atoms with Gasteiger partial charge in [0.1, 0.15) is 17.4 Å². The van der Waals surface area contributed by atoms with Gasteiger partial charge in [0.15, 0.2) is 0 Å². The van der Waals surface area contributed by atoms with E-state index in [1.165, 1.54) is 5.56 Å². The van der Waals surface area contributed by atoms with E-state index in [2.05, 4.69) is 16.2 Å². The SMILES string of the molecule is CC(C)Oc1ccc(-c2nc(-c3ccc4c(c3)CCN(C(=O)CCC(=O)OC(C)(C)C)CC4)no2)cc1C#N. The van der Waals surface area contributed by atoms with E-state index in [1.807, 2.05) is 57.7 Å². The first kappa shape index (κ1) is 27.8. The largest absolute Gasteiger partial charge is 0.490 e. The van der Waals surface area contributed by atoms with Crippen LogP contribution in [0.5, 0.6) is 5.75 Å². The van der Waals surface area contributed by atoms with Gasteiger partial charge in [0.2, 0.25) is 11.7 Å². The fraction of sp³-hybridized carbons (Fsp3) is 0.433. The van der Waals surface area contributed by atoms with Gasteiger partial charge in [-0.1, -0.05) is 17.3 Å². The molecule has 0 spiro atoms. The number of hydrogen-bond donors (Lipinski definition) is 0. The monoisotopic (exact) mass is 530 g/mol. The number of rotatable bonds is 7. The van der Waals surface area contributed by atoms with E-state index < -0.39 is 5.60 Å². The Morgan fingerprint density at radius 3 is 2.46 bits per heavy atom. The Labute approximate surface area is 228 Å². The Morgan fingerprint density at radius 2 is 1.77 bits per heavy atom. The fourth-order valence-electron chi connectivity index (χ4n) is 4.44. The first-order valence-corrected chi connectivity index (χ1v) is 13.2. The van der Waals surface area contributed by atoms with Crippen LogP contribution in [-0.2, 0) is 27.2 Å². The lowest BCUT2D eigenvalue weighted by Gasteiger charge is -2.22. The summed E-state index contributed by atoms with van der Waals surface area (Å²) >= 11 is 0. The minimum Gasteiger partial charge on any atom is -0.490 e. The number of amides is 1. The predicted octanol–water partition coefficient (Wildman–Crippen LogP) is 5.11. The molecule has 0 saturated carbocycles. The number of benzene rings is 2. The van der Waals surface area contributed by atoms with Crippen LogP contribution in [-0.4, -0.2) is 51.7 Å². The van der Waals surface area contributed by atoms with Gasteiger partial charge in [0, 0.05) is 30.6 Å². The number of aromatic nitrogens is 2. The molecule has 9 nitrogen and oxygen atoms in total. The van der Waals surface area contributed by atoms with Crippen LogP contribution in [0, 0.1) is 11.3 Å². The highest BCUT2D eigenvalue weighted by Gasteiger charge is 2.22. The maximum Gasteiger partial charge on any atom is 0.306 e. The van der Waals surface area contributed by atoms with Gasteiger partial charge in [-0.25, -0.2) is 0 Å². The van der Waals surface area contributed by atoms with Crippen LogP contribution in [0.4, 0.5) is 0 Å². The van der Waals surface area contributed by atoms with Gasteiger partial charge in [-0.2, -0.15) is 10.2 Å². The maximum absolute atomic E-state index is 12.8. The number of carbonyl (C=O) groups is 2. The second kappa shape index (κ2) is 11.7. The number of carbonyl (C=O) groups excluding carboxylic acids is 2. The summed E-state index contributed by atoms with van der Waals surface area (Å²) in [6.07, 6.45) is 1.59. The summed E-state index contributed by atoms with van der Waals surface area (Å²) in [4.78, 5) is 31.2. The molecule has 4 rings (SSSR count). The third-order valence-corrected chi connectivity index (χ3v) is 6.22. The van der Waals surface area contributed by atoms with Crippen molar-refractivity contribution in [3.05, 3.63) is 53.1 Å². The minimum absolute atomic E-state index is 0.0433. The molecule has 1 amide bonds. The number of nitriles is 1. The average Bonchev–Trinajstić information content (AvgIpc) is 3.27. The number of ether oxygens (including phenoxy) is 2. The van der Waals surface area contributed by atoms with Crippen molar-refractivity contribution in [3.8, 4) is 34.7 Å². The van der Waals surface area contributed by atoms with Crippen molar-refractivity contribution in [2.75, 3.05) is 13.1 Å². The van der Waals surface area contributed by atoms with E-state index in [0.29, 0.717) is 48.1 Å². The molecule has 0 N–H and O–H groups in total. The van der Waals surface area contributed by atoms with Crippen LogP contribution < -0.4 is 4.74 Å². The topological polar surface area (TPSA) is 119 Å². The minimum atomic E-state index is -0.561. The smallest absolute Gasteiger partial charge is 0.306 e. The van der Waals surface area contributed by atoms with Crippen molar-refractivity contribution in [1.82, 2.24) is 15.0 Å². The summed E-state index contributed by atoms with van der Waals surface area (Å²) in [5.41, 5.74) is 3.59. The molecule has 1 aromatic heterocycles. The molecule has 2 heterocycles. The van der Waals surface area contributed by atoms with E-state index in [1.54, 1.807) is 18.2 Å². The van der Waals surface area contributed by atoms with E-state index in [-0.39, 0.29) is 30.8 Å². The predicted molar refractivity (Wildman–Crippen MR) is 145 cm³/mol. The van der Waals surface area contributed by atoms with Crippen LogP contribution in [0.15, 0.2) is 40.9 Å². The second-order valence-electron chi connectivity index (χ2n) is 10.9. The van der Waals surface area contributed by atoms with E-state index in [4.69, 9.17) is 14.0 Å². The summed E-state index contributed by atoms with van der Waals surface area (Å²) in [6.45, 7) is 10.4. The molecule has 9 heteroatoms. The molecule has 204 valence electrons. The first-order valence-electron chi connectivity index (χ1n) is 13.2. The van der Waals surface area contributed by atoms with Gasteiger partial charge in [0.05, 0.1) is 18.1 Å². The summed E-state index contributed by atoms with van der Waals surface area (Å²) in [5, 5.41) is 13.7. The Balaban J connectivity index is 1.42. The summed E-state index contributed by atoms with van der Waals surface area (Å²) in [6, 6.07) is 13.4. The summed E-state index contributed by atoms with van der Waals surface area (Å²) in [5.74, 6) is 0.872. The molecule has 39 heavy (non-hydrogen) atoms. The van der Waals surface area contributed by atoms with Gasteiger partial charge >= 0.3 is 5.97 Å². The Hall–Kier alpha value is -4.19. The highest BCUT2D eigenvalue weighted by molar-refractivity contribution is 5.81. The van der Waals surface area contributed by atoms with Crippen LogP contribution in [0.25, 0.3) is 22.8 Å². The highest BCUT2D eigenvalue weighted by atomic mass is 16.6. The highest BCUT2D eigenvalue weighted by Crippen LogP contribution is 2.29. The number of nitrogens with zero attached hydrogens (tertiary/aromatic N) is 4. The number of esters is 1. The third-order valence-electron chi connectivity index (χ3n) is 6.22. The van der Waals surface area contributed by atoms with Crippen molar-refractivity contribution in [3.63, 3.8) is 0 Å². The molecule has 0 unspecified atom stereocenters. The molecule has 2 aromatic carbocycles. The fourth-order valence-corrected chi connectivity index (χ4v) is 4.44. The van der Waals surface area contributed by atoms with Gasteiger partial charge in [-0.15, -0.1) is 0 Å². The van der Waals surface area contributed by atoms with Gasteiger partial charge < -0.3 is 18.9 Å². The lowest BCUT2D eigenvalue weighted by atomic mass is 10.00. The zero-order valence-corrected chi connectivity index (χ0v) is 23.1. The Bertz CT molecular complexity index is 1400. The summed E-state index contributed by atoms with van der Waals surface area (Å²) in [7, 11) is 0. The van der Waals surface area contributed by atoms with E-state index in [0.717, 1.165) is 17.5 Å². The van der Waals surface area contributed by atoms with E-state index >= 15 is 0 Å². The van der Waals surface area contributed by atoms with Crippen molar-refractivity contribution in [2.24, 2.45) is 0 Å². The zero-order chi connectivity index (χ0) is 28.2. The molecular formula is C30H34N4O5. The van der Waals surface area contributed by atoms with Gasteiger partial charge in [0.25, 0.3) is 5.89 Å². The molecule has 1 aliphatic rings. The quantitative estimate of drug-likeness (QED) is 0.387. The number of hydrogen-bond acceptors (Lipinski definition) is 8. The van der Waals surface area contributed by atoms with Gasteiger partial charge in [-0.3, -0.25) is 9.59 Å². The molecule has 0 fully saturated rings. The molecule has 0 saturated heterocycles. The average molecular weight is 531 g/mol. The number of fused-ring (bicyclic) bond motifs is 1. The Kier molecular flexibility index (Phi) is 8.34. The van der Waals surface area contributed by atoms with Gasteiger partial charge in [-0.05, 0) is 82.9 Å². The van der Waals surface area contributed by atoms with Crippen LogP contribution in [0.1, 0.15) is 64.2 Å². The van der Waals surface area contributed by atoms with Crippen LogP contribution >= 0.6 is 0 Å². The van der Waals surface area contributed by atoms with Crippen molar-refractivity contribution >= 4 is 11.9 Å². The molecule has 0 aliphatic carbocycles. The molecular weight excluding hydrogens is 496 g/mol. The first-order chi connectivity index (χ1) is 18.5. The van der Waals surface area contributed by atoms with E-state index in [9.17, 15) is 14.9 Å². The van der Waals surface area contributed by atoms with Crippen molar-refractivity contribution in [1.29, 1.82) is 5.26 Å². The van der Waals surface area contributed by atoms with Crippen LogP contribution in [0.3, 0.4) is 0 Å². The van der Waals surface area contributed by atoms with Crippen molar-refractivity contribution < 1.29 is 23.6 Å².